The summed E-state index contributed by atoms with van der Waals surface area (Å²) in [5.74, 6) is 1.47. The molecule has 0 aliphatic rings. The molecule has 2 aromatic rings. The first-order valence-electron chi connectivity index (χ1n) is 9.37. The molecule has 152 valence electrons. The lowest BCUT2D eigenvalue weighted by atomic mass is 9.94. The number of methoxy groups -OCH3 is 2. The second kappa shape index (κ2) is 11.5. The normalized spacial score (nSPS) is 12.5. The van der Waals surface area contributed by atoms with Crippen LogP contribution in [0, 0.1) is 5.92 Å². The number of rotatable bonds is 11. The van der Waals surface area contributed by atoms with Crippen molar-refractivity contribution in [1.82, 2.24) is 0 Å². The molecular weight excluding hydrogens is 356 g/mol. The molecule has 0 radical (unpaired) electrons. The van der Waals surface area contributed by atoms with Gasteiger partial charge in [-0.1, -0.05) is 56.3 Å². The van der Waals surface area contributed by atoms with E-state index < -0.39 is 6.10 Å². The molecule has 1 atom stereocenters. The van der Waals surface area contributed by atoms with Crippen LogP contribution in [0.15, 0.2) is 42.5 Å². The summed E-state index contributed by atoms with van der Waals surface area (Å²) in [6.07, 6.45) is 3.92. The lowest BCUT2D eigenvalue weighted by Gasteiger charge is -2.21. The van der Waals surface area contributed by atoms with Crippen LogP contribution in [0.5, 0.6) is 11.5 Å². The Morgan fingerprint density at radius 2 is 1.61 bits per heavy atom. The van der Waals surface area contributed by atoms with Gasteiger partial charge in [0, 0.05) is 25.8 Å². The second-order valence-electron chi connectivity index (χ2n) is 6.92. The summed E-state index contributed by atoms with van der Waals surface area (Å²) in [7, 11) is 3.13. The quantitative estimate of drug-likeness (QED) is 0.440. The van der Waals surface area contributed by atoms with Crippen molar-refractivity contribution in [2.45, 2.75) is 26.4 Å². The third kappa shape index (κ3) is 6.68. The van der Waals surface area contributed by atoms with Gasteiger partial charge in [0.15, 0.2) is 13.6 Å². The molecule has 0 saturated heterocycles. The van der Waals surface area contributed by atoms with Crippen molar-refractivity contribution >= 4 is 12.2 Å². The van der Waals surface area contributed by atoms with E-state index in [1.165, 1.54) is 0 Å². The van der Waals surface area contributed by atoms with E-state index in [9.17, 15) is 5.11 Å². The van der Waals surface area contributed by atoms with Crippen LogP contribution >= 0.6 is 0 Å². The van der Waals surface area contributed by atoms with Crippen molar-refractivity contribution in [3.8, 4) is 11.5 Å². The van der Waals surface area contributed by atoms with E-state index in [0.29, 0.717) is 23.8 Å². The van der Waals surface area contributed by atoms with Crippen molar-refractivity contribution in [2.75, 3.05) is 27.8 Å². The Hall–Kier alpha value is -2.34. The highest BCUT2D eigenvalue weighted by molar-refractivity contribution is 5.73. The summed E-state index contributed by atoms with van der Waals surface area (Å²) in [4.78, 5) is 0. The van der Waals surface area contributed by atoms with Crippen LogP contribution in [0.25, 0.3) is 12.2 Å². The Kier molecular flexibility index (Phi) is 9.01. The topological polar surface area (TPSA) is 57.2 Å². The minimum absolute atomic E-state index is 0.0803. The standard InChI is InChI=1S/C23H30O5/c1-17(2)12-21(24)23-19(11-10-18-8-6-5-7-9-18)13-20(27-15-25-3)14-22(23)28-16-26-4/h5-11,13-14,17,21,24H,12,15-16H2,1-4H3/b11-10+. The lowest BCUT2D eigenvalue weighted by Crippen LogP contribution is -2.10. The van der Waals surface area contributed by atoms with Crippen LogP contribution in [0.3, 0.4) is 0 Å². The number of ether oxygens (including phenoxy) is 4. The van der Waals surface area contributed by atoms with Gasteiger partial charge in [0.25, 0.3) is 0 Å². The monoisotopic (exact) mass is 386 g/mol. The minimum atomic E-state index is -0.668. The summed E-state index contributed by atoms with van der Waals surface area (Å²) in [5.41, 5.74) is 2.62. The first-order valence-corrected chi connectivity index (χ1v) is 9.37. The second-order valence-corrected chi connectivity index (χ2v) is 6.92. The first kappa shape index (κ1) is 22.0. The summed E-state index contributed by atoms with van der Waals surface area (Å²) in [6, 6.07) is 13.6. The Labute approximate surface area is 167 Å². The molecule has 0 aromatic heterocycles. The van der Waals surface area contributed by atoms with Gasteiger partial charge < -0.3 is 24.1 Å². The highest BCUT2D eigenvalue weighted by Crippen LogP contribution is 2.37. The van der Waals surface area contributed by atoms with Crippen LogP contribution in [0.1, 0.15) is 43.1 Å². The van der Waals surface area contributed by atoms with Gasteiger partial charge in [-0.3, -0.25) is 0 Å². The third-order valence-corrected chi connectivity index (χ3v) is 4.11. The average molecular weight is 386 g/mol. The number of hydrogen-bond donors (Lipinski definition) is 1. The van der Waals surface area contributed by atoms with Crippen molar-refractivity contribution < 1.29 is 24.1 Å². The molecule has 0 aliphatic heterocycles. The van der Waals surface area contributed by atoms with Gasteiger partial charge in [-0.15, -0.1) is 0 Å². The van der Waals surface area contributed by atoms with Crippen LogP contribution in [0.4, 0.5) is 0 Å². The molecule has 0 fully saturated rings. The molecular formula is C23H30O5. The van der Waals surface area contributed by atoms with Gasteiger partial charge in [0.2, 0.25) is 0 Å². The van der Waals surface area contributed by atoms with E-state index >= 15 is 0 Å². The maximum Gasteiger partial charge on any atom is 0.188 e. The summed E-state index contributed by atoms with van der Waals surface area (Å²) >= 11 is 0. The molecule has 0 aliphatic carbocycles. The Morgan fingerprint density at radius 3 is 2.25 bits per heavy atom. The summed E-state index contributed by atoms with van der Waals surface area (Å²) < 4.78 is 21.5. The maximum absolute atomic E-state index is 10.9. The number of aliphatic hydroxyl groups excluding tert-OH is 1. The molecule has 0 amide bonds. The molecule has 1 N–H and O–H groups in total. The zero-order chi connectivity index (χ0) is 20.4. The molecule has 5 heteroatoms. The van der Waals surface area contributed by atoms with E-state index in [4.69, 9.17) is 18.9 Å². The fourth-order valence-electron chi connectivity index (χ4n) is 2.88. The van der Waals surface area contributed by atoms with Crippen LogP contribution in [-0.4, -0.2) is 32.9 Å². The zero-order valence-corrected chi connectivity index (χ0v) is 17.1. The zero-order valence-electron chi connectivity index (χ0n) is 17.1. The Morgan fingerprint density at radius 1 is 0.929 bits per heavy atom. The van der Waals surface area contributed by atoms with Gasteiger partial charge in [0.05, 0.1) is 6.10 Å². The van der Waals surface area contributed by atoms with Crippen LogP contribution in [0.2, 0.25) is 0 Å². The molecule has 0 saturated carbocycles. The molecule has 0 bridgehead atoms. The lowest BCUT2D eigenvalue weighted by molar-refractivity contribution is 0.0434. The van der Waals surface area contributed by atoms with Crippen LogP contribution in [-0.2, 0) is 9.47 Å². The number of aliphatic hydroxyl groups is 1. The van der Waals surface area contributed by atoms with E-state index in [2.05, 4.69) is 13.8 Å². The van der Waals surface area contributed by atoms with E-state index in [0.717, 1.165) is 16.7 Å². The Balaban J connectivity index is 2.49. The molecule has 5 nitrogen and oxygen atoms in total. The molecule has 1 unspecified atom stereocenters. The van der Waals surface area contributed by atoms with Crippen molar-refractivity contribution in [1.29, 1.82) is 0 Å². The smallest absolute Gasteiger partial charge is 0.188 e. The highest BCUT2D eigenvalue weighted by Gasteiger charge is 2.20. The molecule has 2 aromatic carbocycles. The fourth-order valence-corrected chi connectivity index (χ4v) is 2.88. The van der Waals surface area contributed by atoms with Gasteiger partial charge >= 0.3 is 0 Å². The van der Waals surface area contributed by atoms with E-state index in [1.807, 2.05) is 48.6 Å². The Bertz CT molecular complexity index is 740. The molecule has 0 spiro atoms. The maximum atomic E-state index is 10.9. The van der Waals surface area contributed by atoms with Gasteiger partial charge in [-0.2, -0.15) is 0 Å². The molecule has 28 heavy (non-hydrogen) atoms. The van der Waals surface area contributed by atoms with Crippen molar-refractivity contribution in [3.05, 3.63) is 59.2 Å². The van der Waals surface area contributed by atoms with E-state index in [1.54, 1.807) is 20.3 Å². The number of benzene rings is 2. The SMILES string of the molecule is COCOc1cc(/C=C/c2ccccc2)c(C(O)CC(C)C)c(OCOC)c1. The van der Waals surface area contributed by atoms with Crippen molar-refractivity contribution in [3.63, 3.8) is 0 Å². The predicted molar refractivity (Wildman–Crippen MR) is 111 cm³/mol. The third-order valence-electron chi connectivity index (χ3n) is 4.11. The van der Waals surface area contributed by atoms with Crippen LogP contribution < -0.4 is 9.47 Å². The summed E-state index contributed by atoms with van der Waals surface area (Å²) in [6.45, 7) is 4.36. The largest absolute Gasteiger partial charge is 0.467 e. The van der Waals surface area contributed by atoms with Gasteiger partial charge in [-0.05, 0) is 29.5 Å². The highest BCUT2D eigenvalue weighted by atomic mass is 16.7. The molecule has 2 rings (SSSR count). The number of hydrogen-bond acceptors (Lipinski definition) is 5. The van der Waals surface area contributed by atoms with Gasteiger partial charge in [0.1, 0.15) is 11.5 Å². The average Bonchev–Trinajstić information content (AvgIpc) is 2.69. The predicted octanol–water partition coefficient (Wildman–Crippen LogP) is 4.90. The van der Waals surface area contributed by atoms with Gasteiger partial charge in [-0.25, -0.2) is 0 Å². The summed E-state index contributed by atoms with van der Waals surface area (Å²) in [5, 5.41) is 10.9. The van der Waals surface area contributed by atoms with E-state index in [-0.39, 0.29) is 13.6 Å². The van der Waals surface area contributed by atoms with Crippen molar-refractivity contribution in [2.24, 2.45) is 5.92 Å². The fraction of sp³-hybridized carbons (Fsp3) is 0.391. The first-order chi connectivity index (χ1) is 13.5. The minimum Gasteiger partial charge on any atom is -0.467 e. The molecule has 0 heterocycles.